The average molecular weight is 385 g/mol. The van der Waals surface area contributed by atoms with E-state index in [1.54, 1.807) is 14.1 Å². The van der Waals surface area contributed by atoms with Crippen molar-refractivity contribution in [1.82, 2.24) is 25.7 Å². The number of hydrogen-bond acceptors (Lipinski definition) is 3. The fourth-order valence-corrected chi connectivity index (χ4v) is 3.32. The molecule has 0 saturated carbocycles. The lowest BCUT2D eigenvalue weighted by Gasteiger charge is -2.13. The first-order valence-corrected chi connectivity index (χ1v) is 9.83. The molecule has 0 aliphatic heterocycles. The molecule has 152 valence electrons. The van der Waals surface area contributed by atoms with Gasteiger partial charge in [-0.25, -0.2) is 0 Å². The summed E-state index contributed by atoms with van der Waals surface area (Å²) in [6.07, 6.45) is 2.67. The van der Waals surface area contributed by atoms with Gasteiger partial charge in [0.25, 0.3) is 5.91 Å². The number of carbonyl (C=O) groups excluding carboxylic acids is 1. The normalized spacial score (nSPS) is 11.4. The SMILES string of the molecule is CCc1nn(C)c(CC)c1CNC(=NC)NCCc1cccc(C(=O)NC)c1. The molecule has 7 nitrogen and oxygen atoms in total. The number of rotatable bonds is 8. The van der Waals surface area contributed by atoms with E-state index in [4.69, 9.17) is 0 Å². The summed E-state index contributed by atoms with van der Waals surface area (Å²) >= 11 is 0. The zero-order valence-electron chi connectivity index (χ0n) is 17.6. The van der Waals surface area contributed by atoms with E-state index in [0.29, 0.717) is 12.1 Å². The van der Waals surface area contributed by atoms with Crippen molar-refractivity contribution in [3.63, 3.8) is 0 Å². The molecule has 28 heavy (non-hydrogen) atoms. The maximum atomic E-state index is 11.8. The van der Waals surface area contributed by atoms with Crippen LogP contribution in [-0.4, -0.2) is 42.3 Å². The Morgan fingerprint density at radius 3 is 2.64 bits per heavy atom. The summed E-state index contributed by atoms with van der Waals surface area (Å²) in [5.41, 5.74) is 5.43. The van der Waals surface area contributed by atoms with E-state index in [1.165, 1.54) is 11.3 Å². The second-order valence-electron chi connectivity index (χ2n) is 6.58. The highest BCUT2D eigenvalue weighted by Gasteiger charge is 2.13. The third kappa shape index (κ3) is 5.34. The van der Waals surface area contributed by atoms with Gasteiger partial charge in [0, 0.05) is 51.1 Å². The summed E-state index contributed by atoms with van der Waals surface area (Å²) in [6.45, 7) is 5.71. The third-order valence-electron chi connectivity index (χ3n) is 4.81. The van der Waals surface area contributed by atoms with Crippen LogP contribution in [0.4, 0.5) is 0 Å². The Kier molecular flexibility index (Phi) is 8.04. The Morgan fingerprint density at radius 2 is 2.00 bits per heavy atom. The van der Waals surface area contributed by atoms with Crippen LogP contribution in [0.15, 0.2) is 29.3 Å². The quantitative estimate of drug-likeness (QED) is 0.479. The lowest BCUT2D eigenvalue weighted by molar-refractivity contribution is 0.0963. The Morgan fingerprint density at radius 1 is 1.21 bits per heavy atom. The van der Waals surface area contributed by atoms with Gasteiger partial charge in [0.15, 0.2) is 5.96 Å². The van der Waals surface area contributed by atoms with Crippen LogP contribution in [0.2, 0.25) is 0 Å². The van der Waals surface area contributed by atoms with E-state index < -0.39 is 0 Å². The van der Waals surface area contributed by atoms with Gasteiger partial charge in [-0.2, -0.15) is 5.10 Å². The lowest BCUT2D eigenvalue weighted by atomic mass is 10.1. The van der Waals surface area contributed by atoms with Crippen molar-refractivity contribution < 1.29 is 4.79 Å². The minimum atomic E-state index is -0.0674. The molecule has 0 aliphatic rings. The molecule has 2 aromatic rings. The second kappa shape index (κ2) is 10.5. The molecule has 0 radical (unpaired) electrons. The number of guanidine groups is 1. The molecular formula is C21H32N6O. The van der Waals surface area contributed by atoms with E-state index in [9.17, 15) is 4.79 Å². The summed E-state index contributed by atoms with van der Waals surface area (Å²) in [6, 6.07) is 7.68. The maximum absolute atomic E-state index is 11.8. The highest BCUT2D eigenvalue weighted by Crippen LogP contribution is 2.15. The number of hydrogen-bond donors (Lipinski definition) is 3. The predicted molar refractivity (Wildman–Crippen MR) is 114 cm³/mol. The summed E-state index contributed by atoms with van der Waals surface area (Å²) in [7, 11) is 5.41. The molecule has 0 aliphatic carbocycles. The maximum Gasteiger partial charge on any atom is 0.251 e. The molecule has 2 rings (SSSR count). The standard InChI is InChI=1S/C21H32N6O/c1-6-18-17(19(7-2)27(5)26-18)14-25-21(23-4)24-12-11-15-9-8-10-16(13-15)20(28)22-3/h8-10,13H,6-7,11-12,14H2,1-5H3,(H,22,28)(H2,23,24,25). The van der Waals surface area contributed by atoms with Crippen molar-refractivity contribution in [2.45, 2.75) is 39.7 Å². The minimum Gasteiger partial charge on any atom is -0.356 e. The number of benzene rings is 1. The van der Waals surface area contributed by atoms with Crippen LogP contribution in [0.3, 0.4) is 0 Å². The van der Waals surface area contributed by atoms with E-state index in [1.807, 2.05) is 36.0 Å². The first kappa shape index (κ1) is 21.5. The Labute approximate surface area is 167 Å². The van der Waals surface area contributed by atoms with Crippen LogP contribution in [0, 0.1) is 0 Å². The molecule has 0 saturated heterocycles. The van der Waals surface area contributed by atoms with E-state index in [-0.39, 0.29) is 5.91 Å². The number of aromatic nitrogens is 2. The van der Waals surface area contributed by atoms with Crippen LogP contribution >= 0.6 is 0 Å². The van der Waals surface area contributed by atoms with Gasteiger partial charge in [0.05, 0.1) is 5.69 Å². The Balaban J connectivity index is 1.92. The minimum absolute atomic E-state index is 0.0674. The zero-order chi connectivity index (χ0) is 20.5. The lowest BCUT2D eigenvalue weighted by Crippen LogP contribution is -2.38. The van der Waals surface area contributed by atoms with Crippen molar-refractivity contribution in [1.29, 1.82) is 0 Å². The number of amides is 1. The van der Waals surface area contributed by atoms with Crippen molar-refractivity contribution in [3.8, 4) is 0 Å². The first-order chi connectivity index (χ1) is 13.5. The Bertz CT molecular complexity index is 824. The molecule has 1 heterocycles. The summed E-state index contributed by atoms with van der Waals surface area (Å²) < 4.78 is 1.98. The fourth-order valence-electron chi connectivity index (χ4n) is 3.32. The molecule has 3 N–H and O–H groups in total. The number of aryl methyl sites for hydroxylation is 2. The van der Waals surface area contributed by atoms with Crippen molar-refractivity contribution >= 4 is 11.9 Å². The molecule has 7 heteroatoms. The third-order valence-corrected chi connectivity index (χ3v) is 4.81. The number of nitrogens with zero attached hydrogens (tertiary/aromatic N) is 3. The highest BCUT2D eigenvalue weighted by atomic mass is 16.1. The number of carbonyl (C=O) groups is 1. The van der Waals surface area contributed by atoms with Crippen LogP contribution in [0.5, 0.6) is 0 Å². The van der Waals surface area contributed by atoms with Gasteiger partial charge in [-0.1, -0.05) is 26.0 Å². The monoisotopic (exact) mass is 384 g/mol. The van der Waals surface area contributed by atoms with Gasteiger partial charge in [-0.3, -0.25) is 14.5 Å². The smallest absolute Gasteiger partial charge is 0.251 e. The van der Waals surface area contributed by atoms with Gasteiger partial charge < -0.3 is 16.0 Å². The number of nitrogens with one attached hydrogen (secondary N) is 3. The molecule has 0 atom stereocenters. The van der Waals surface area contributed by atoms with Crippen LogP contribution in [0.25, 0.3) is 0 Å². The summed E-state index contributed by atoms with van der Waals surface area (Å²) in [5.74, 6) is 0.692. The average Bonchev–Trinajstić information content (AvgIpc) is 3.04. The molecule has 1 aromatic carbocycles. The largest absolute Gasteiger partial charge is 0.356 e. The van der Waals surface area contributed by atoms with E-state index in [2.05, 4.69) is 39.9 Å². The van der Waals surface area contributed by atoms with Gasteiger partial charge in [-0.15, -0.1) is 0 Å². The van der Waals surface area contributed by atoms with Crippen LogP contribution in [0.1, 0.15) is 46.7 Å². The molecule has 0 bridgehead atoms. The topological polar surface area (TPSA) is 83.3 Å². The summed E-state index contributed by atoms with van der Waals surface area (Å²) in [5, 5.41) is 14.0. The van der Waals surface area contributed by atoms with Gasteiger partial charge >= 0.3 is 0 Å². The van der Waals surface area contributed by atoms with E-state index in [0.717, 1.165) is 43.0 Å². The molecule has 1 amide bonds. The van der Waals surface area contributed by atoms with Gasteiger partial charge in [0.1, 0.15) is 0 Å². The Hall–Kier alpha value is -2.83. The molecular weight excluding hydrogens is 352 g/mol. The van der Waals surface area contributed by atoms with Crippen LogP contribution in [-0.2, 0) is 32.9 Å². The second-order valence-corrected chi connectivity index (χ2v) is 6.58. The number of aliphatic imine (C=N–C) groups is 1. The van der Waals surface area contributed by atoms with Crippen molar-refractivity contribution in [3.05, 3.63) is 52.3 Å². The van der Waals surface area contributed by atoms with Gasteiger partial charge in [-0.05, 0) is 37.0 Å². The first-order valence-electron chi connectivity index (χ1n) is 9.83. The van der Waals surface area contributed by atoms with Crippen molar-refractivity contribution in [2.75, 3.05) is 20.6 Å². The zero-order valence-corrected chi connectivity index (χ0v) is 17.6. The molecule has 0 fully saturated rings. The highest BCUT2D eigenvalue weighted by molar-refractivity contribution is 5.94. The van der Waals surface area contributed by atoms with Crippen molar-refractivity contribution in [2.24, 2.45) is 12.0 Å². The van der Waals surface area contributed by atoms with Crippen LogP contribution < -0.4 is 16.0 Å². The fraction of sp³-hybridized carbons (Fsp3) is 0.476. The molecule has 0 unspecified atom stereocenters. The molecule has 1 aromatic heterocycles. The van der Waals surface area contributed by atoms with E-state index >= 15 is 0 Å². The predicted octanol–water partition coefficient (Wildman–Crippen LogP) is 1.81. The van der Waals surface area contributed by atoms with Gasteiger partial charge in [0.2, 0.25) is 0 Å². The molecule has 0 spiro atoms. The summed E-state index contributed by atoms with van der Waals surface area (Å²) in [4.78, 5) is 16.1.